The van der Waals surface area contributed by atoms with E-state index in [9.17, 15) is 0 Å². The fourth-order valence-corrected chi connectivity index (χ4v) is 8.10. The molecule has 2 N–H and O–H groups in total. The summed E-state index contributed by atoms with van der Waals surface area (Å²) in [5.41, 5.74) is 1.53. The first-order valence-corrected chi connectivity index (χ1v) is 11.7. The van der Waals surface area contributed by atoms with Crippen molar-refractivity contribution in [3.63, 3.8) is 0 Å². The van der Waals surface area contributed by atoms with Crippen molar-refractivity contribution in [2.24, 2.45) is 5.14 Å². The van der Waals surface area contributed by atoms with Crippen molar-refractivity contribution in [2.75, 3.05) is 7.11 Å². The van der Waals surface area contributed by atoms with Gasteiger partial charge in [0.1, 0.15) is 11.4 Å². The van der Waals surface area contributed by atoms with Gasteiger partial charge < -0.3 is 4.74 Å². The minimum atomic E-state index is 0.397. The fraction of sp³-hybridized carbons (Fsp3) is 0.700. The lowest BCUT2D eigenvalue weighted by Gasteiger charge is -2.52. The Kier molecular flexibility index (Phi) is 5.56. The molecule has 3 nitrogen and oxygen atoms in total. The number of methoxy groups -OCH3 is 1. The quantitative estimate of drug-likeness (QED) is 0.540. The van der Waals surface area contributed by atoms with Gasteiger partial charge in [-0.1, -0.05) is 12.8 Å². The van der Waals surface area contributed by atoms with Crippen LogP contribution in [-0.4, -0.2) is 23.9 Å². The number of quaternary nitrogens is 1. The molecule has 0 saturated heterocycles. The molecule has 1 atom stereocenters. The van der Waals surface area contributed by atoms with Crippen molar-refractivity contribution in [3.8, 4) is 5.75 Å². The Morgan fingerprint density at radius 1 is 1.00 bits per heavy atom. The van der Waals surface area contributed by atoms with E-state index >= 15 is 0 Å². The number of nitrogens with zero attached hydrogens (tertiary/aromatic N) is 1. The maximum atomic E-state index is 6.32. The van der Waals surface area contributed by atoms with Gasteiger partial charge in [-0.25, -0.2) is 0 Å². The highest BCUT2D eigenvalue weighted by molar-refractivity contribution is 8.16. The molecule has 0 radical (unpaired) electrons. The molecule has 138 valence electrons. The Morgan fingerprint density at radius 2 is 1.60 bits per heavy atom. The van der Waals surface area contributed by atoms with E-state index < -0.39 is 0 Å². The zero-order valence-electron chi connectivity index (χ0n) is 15.3. The van der Waals surface area contributed by atoms with Crippen molar-refractivity contribution in [1.82, 2.24) is 4.48 Å². The Labute approximate surface area is 160 Å². The van der Waals surface area contributed by atoms with Gasteiger partial charge in [-0.3, -0.25) is 9.62 Å². The van der Waals surface area contributed by atoms with Crippen molar-refractivity contribution in [2.45, 2.75) is 85.9 Å². The molecule has 5 heteroatoms. The van der Waals surface area contributed by atoms with E-state index in [0.29, 0.717) is 4.71 Å². The number of hydrogen-bond donors (Lipinski definition) is 1. The summed E-state index contributed by atoms with van der Waals surface area (Å²) < 4.78 is 7.05. The van der Waals surface area contributed by atoms with E-state index in [2.05, 4.69) is 18.2 Å². The summed E-state index contributed by atoms with van der Waals surface area (Å²) >= 11 is 3.58. The Balaban J connectivity index is 1.83. The normalized spacial score (nSPS) is 27.2. The smallest absolute Gasteiger partial charge is 0.206 e. The fourth-order valence-electron chi connectivity index (χ4n) is 5.53. The van der Waals surface area contributed by atoms with Crippen molar-refractivity contribution < 1.29 is 4.74 Å². The van der Waals surface area contributed by atoms with E-state index in [-0.39, 0.29) is 0 Å². The highest BCUT2D eigenvalue weighted by atomic mass is 32.2. The summed E-state index contributed by atoms with van der Waals surface area (Å²) in [5, 5.41) is 6.32. The molecule has 2 saturated carbocycles. The van der Waals surface area contributed by atoms with E-state index in [1.807, 2.05) is 11.8 Å². The molecule has 1 aliphatic heterocycles. The van der Waals surface area contributed by atoms with Gasteiger partial charge >= 0.3 is 0 Å². The average Bonchev–Trinajstić information content (AvgIpc) is 3.03. The standard InChI is InChI=1S/C20H31N2OS2/c1-23-17-12-13-18-19(14-17)24-20(25-21)22(18,15-8-4-2-5-9-15)16-10-6-3-7-11-16/h12-16,20H,2-11,21H2,1H3/q+1. The predicted molar refractivity (Wildman–Crippen MR) is 110 cm³/mol. The molecule has 4 rings (SSSR count). The van der Waals surface area contributed by atoms with Gasteiger partial charge in [0.05, 0.1) is 24.1 Å². The van der Waals surface area contributed by atoms with Crippen LogP contribution in [-0.2, 0) is 0 Å². The van der Waals surface area contributed by atoms with E-state index in [1.54, 1.807) is 19.1 Å². The largest absolute Gasteiger partial charge is 0.497 e. The third-order valence-corrected chi connectivity index (χ3v) is 8.97. The monoisotopic (exact) mass is 379 g/mol. The molecule has 1 aromatic rings. The molecular formula is C20H31N2OS2+. The number of fused-ring (bicyclic) bond motifs is 1. The molecule has 0 aromatic heterocycles. The lowest BCUT2D eigenvalue weighted by molar-refractivity contribution is 0.0998. The molecule has 1 unspecified atom stereocenters. The zero-order valence-corrected chi connectivity index (χ0v) is 16.9. The first-order valence-electron chi connectivity index (χ1n) is 9.89. The SMILES string of the molecule is COc1ccc2c(c1)SC(SN)[N+]2(C1CCCCC1)C1CCCCC1. The highest BCUT2D eigenvalue weighted by Gasteiger charge is 2.57. The molecule has 2 fully saturated rings. The maximum absolute atomic E-state index is 6.32. The van der Waals surface area contributed by atoms with Crippen LogP contribution in [0.4, 0.5) is 5.69 Å². The van der Waals surface area contributed by atoms with Gasteiger partial charge in [-0.15, -0.1) is 0 Å². The van der Waals surface area contributed by atoms with Crippen LogP contribution in [0.1, 0.15) is 64.2 Å². The molecule has 0 amide bonds. The van der Waals surface area contributed by atoms with Crippen LogP contribution in [0, 0.1) is 0 Å². The van der Waals surface area contributed by atoms with E-state index in [1.165, 1.54) is 74.8 Å². The number of nitrogens with two attached hydrogens (primary N) is 1. The summed E-state index contributed by atoms with van der Waals surface area (Å²) in [6.45, 7) is 0. The first kappa shape index (κ1) is 18.0. The predicted octanol–water partition coefficient (Wildman–Crippen LogP) is 5.66. The van der Waals surface area contributed by atoms with Gasteiger partial charge in [-0.2, -0.15) is 0 Å². The molecule has 1 aromatic carbocycles. The topological polar surface area (TPSA) is 35.2 Å². The molecule has 0 spiro atoms. The summed E-state index contributed by atoms with van der Waals surface area (Å²) in [6.07, 6.45) is 13.8. The Bertz CT molecular complexity index is 579. The van der Waals surface area contributed by atoms with Crippen LogP contribution >= 0.6 is 23.7 Å². The zero-order chi connectivity index (χ0) is 17.3. The Morgan fingerprint density at radius 3 is 2.12 bits per heavy atom. The molecule has 25 heavy (non-hydrogen) atoms. The second-order valence-corrected chi connectivity index (χ2v) is 9.95. The highest BCUT2D eigenvalue weighted by Crippen LogP contribution is 2.58. The summed E-state index contributed by atoms with van der Waals surface area (Å²) in [7, 11) is 1.76. The van der Waals surface area contributed by atoms with Crippen LogP contribution in [0.2, 0.25) is 0 Å². The van der Waals surface area contributed by atoms with Gasteiger partial charge in [0, 0.05) is 6.07 Å². The number of ether oxygens (including phenoxy) is 1. The van der Waals surface area contributed by atoms with Crippen LogP contribution < -0.4 is 14.4 Å². The van der Waals surface area contributed by atoms with Gasteiger partial charge in [0.2, 0.25) is 4.71 Å². The third kappa shape index (κ3) is 3.01. The van der Waals surface area contributed by atoms with Crippen LogP contribution in [0.25, 0.3) is 0 Å². The lowest BCUT2D eigenvalue weighted by atomic mass is 9.85. The first-order chi connectivity index (χ1) is 12.3. The maximum Gasteiger partial charge on any atom is 0.206 e. The van der Waals surface area contributed by atoms with Gasteiger partial charge in [0.25, 0.3) is 0 Å². The minimum absolute atomic E-state index is 0.397. The molecule has 2 aliphatic carbocycles. The number of hydrogen-bond acceptors (Lipinski definition) is 4. The molecule has 1 heterocycles. The Hall–Kier alpha value is -0.360. The van der Waals surface area contributed by atoms with E-state index in [0.717, 1.165) is 22.3 Å². The van der Waals surface area contributed by atoms with Crippen LogP contribution in [0.3, 0.4) is 0 Å². The van der Waals surface area contributed by atoms with Crippen molar-refractivity contribution in [1.29, 1.82) is 0 Å². The molecule has 0 bridgehead atoms. The van der Waals surface area contributed by atoms with Crippen molar-refractivity contribution in [3.05, 3.63) is 18.2 Å². The number of rotatable bonds is 4. The number of benzene rings is 1. The second-order valence-electron chi connectivity index (χ2n) is 7.81. The summed E-state index contributed by atoms with van der Waals surface area (Å²) in [6, 6.07) is 8.25. The summed E-state index contributed by atoms with van der Waals surface area (Å²) in [4.78, 5) is 1.40. The molecular weight excluding hydrogens is 348 g/mol. The van der Waals surface area contributed by atoms with Crippen molar-refractivity contribution >= 4 is 29.4 Å². The minimum Gasteiger partial charge on any atom is -0.497 e. The summed E-state index contributed by atoms with van der Waals surface area (Å²) in [5.74, 6) is 0.972. The van der Waals surface area contributed by atoms with Gasteiger partial charge in [-0.05, 0) is 87.2 Å². The van der Waals surface area contributed by atoms with Gasteiger partial charge in [0.15, 0.2) is 0 Å². The van der Waals surface area contributed by atoms with Crippen LogP contribution in [0.5, 0.6) is 5.75 Å². The van der Waals surface area contributed by atoms with Crippen LogP contribution in [0.15, 0.2) is 23.1 Å². The lowest BCUT2D eigenvalue weighted by Crippen LogP contribution is -2.66. The second kappa shape index (κ2) is 7.71. The third-order valence-electron chi connectivity index (χ3n) is 6.64. The van der Waals surface area contributed by atoms with E-state index in [4.69, 9.17) is 9.88 Å². The molecule has 3 aliphatic rings. The average molecular weight is 380 g/mol. The number of thioether (sulfide) groups is 1.